The Labute approximate surface area is 168 Å². The van der Waals surface area contributed by atoms with Crippen LogP contribution in [0.3, 0.4) is 0 Å². The molecule has 3 rings (SSSR count). The number of nitrogens with one attached hydrogen (secondary N) is 2. The summed E-state index contributed by atoms with van der Waals surface area (Å²) in [6, 6.07) is 9.20. The molecule has 140 valence electrons. The zero-order valence-corrected chi connectivity index (χ0v) is 17.3. The number of guanidine groups is 1. The molecule has 1 saturated carbocycles. The maximum absolute atomic E-state index is 5.96. The van der Waals surface area contributed by atoms with Crippen molar-refractivity contribution in [3.63, 3.8) is 0 Å². The van der Waals surface area contributed by atoms with Crippen LogP contribution in [0.25, 0.3) is 0 Å². The molecule has 0 aromatic heterocycles. The fraction of sp³-hybridized carbons (Fsp3) is 0.632. The van der Waals surface area contributed by atoms with Gasteiger partial charge in [-0.1, -0.05) is 24.3 Å². The first-order chi connectivity index (χ1) is 11.8. The number of benzene rings is 1. The minimum Gasteiger partial charge on any atom is -0.381 e. The molecule has 0 amide bonds. The lowest BCUT2D eigenvalue weighted by Crippen LogP contribution is -2.38. The molecule has 25 heavy (non-hydrogen) atoms. The van der Waals surface area contributed by atoms with Crippen LogP contribution in [0.1, 0.15) is 43.7 Å². The van der Waals surface area contributed by atoms with Gasteiger partial charge in [0.05, 0.1) is 19.3 Å². The molecule has 0 radical (unpaired) electrons. The van der Waals surface area contributed by atoms with Crippen molar-refractivity contribution >= 4 is 29.9 Å². The summed E-state index contributed by atoms with van der Waals surface area (Å²) in [4.78, 5) is 4.66. The number of hydrogen-bond acceptors (Lipinski definition) is 3. The maximum atomic E-state index is 5.96. The Balaban J connectivity index is 0.00000225. The van der Waals surface area contributed by atoms with E-state index in [9.17, 15) is 0 Å². The number of hydrogen-bond donors (Lipinski definition) is 2. The fourth-order valence-electron chi connectivity index (χ4n) is 2.71. The molecule has 2 N–H and O–H groups in total. The van der Waals surface area contributed by atoms with Crippen LogP contribution in [0, 0.1) is 0 Å². The van der Waals surface area contributed by atoms with E-state index < -0.39 is 0 Å². The number of halogens is 1. The predicted molar refractivity (Wildman–Crippen MR) is 111 cm³/mol. The summed E-state index contributed by atoms with van der Waals surface area (Å²) in [6.45, 7) is 6.01. The van der Waals surface area contributed by atoms with Gasteiger partial charge in [-0.2, -0.15) is 0 Å². The van der Waals surface area contributed by atoms with Crippen molar-refractivity contribution in [2.24, 2.45) is 4.99 Å². The average Bonchev–Trinajstić information content (AvgIpc) is 3.44. The first-order valence-corrected chi connectivity index (χ1v) is 9.15. The lowest BCUT2D eigenvalue weighted by atomic mass is 10.1. The van der Waals surface area contributed by atoms with Crippen molar-refractivity contribution in [1.82, 2.24) is 10.6 Å². The van der Waals surface area contributed by atoms with Gasteiger partial charge in [0.2, 0.25) is 0 Å². The maximum Gasteiger partial charge on any atom is 0.191 e. The van der Waals surface area contributed by atoms with Gasteiger partial charge in [0.25, 0.3) is 0 Å². The Morgan fingerprint density at radius 3 is 2.44 bits per heavy atom. The van der Waals surface area contributed by atoms with Crippen LogP contribution >= 0.6 is 24.0 Å². The van der Waals surface area contributed by atoms with Crippen molar-refractivity contribution < 1.29 is 9.47 Å². The average molecular weight is 459 g/mol. The Bertz CT molecular complexity index is 526. The van der Waals surface area contributed by atoms with Gasteiger partial charge < -0.3 is 20.1 Å². The van der Waals surface area contributed by atoms with Crippen LogP contribution in [0.4, 0.5) is 0 Å². The molecule has 0 spiro atoms. The lowest BCUT2D eigenvalue weighted by molar-refractivity contribution is -0.0390. The standard InChI is InChI=1S/C19H29N3O2.HI/c1-2-20-19(22-17-7-8-17)21-13-15-3-5-16(6-4-15)14-24-18-9-11-23-12-10-18;/h3-6,17-18H,2,7-14H2,1H3,(H2,20,21,22);1H. The summed E-state index contributed by atoms with van der Waals surface area (Å²) in [5.41, 5.74) is 2.44. The van der Waals surface area contributed by atoms with Crippen LogP contribution in [0.5, 0.6) is 0 Å². The molecule has 0 unspecified atom stereocenters. The van der Waals surface area contributed by atoms with Gasteiger partial charge in [0, 0.05) is 25.8 Å². The zero-order chi connectivity index (χ0) is 16.6. The van der Waals surface area contributed by atoms with Crippen LogP contribution in [0.15, 0.2) is 29.3 Å². The molecule has 5 nitrogen and oxygen atoms in total. The van der Waals surface area contributed by atoms with Gasteiger partial charge in [-0.3, -0.25) is 0 Å². The van der Waals surface area contributed by atoms with Crippen LogP contribution in [-0.2, 0) is 22.6 Å². The number of rotatable bonds is 7. The second kappa shape index (κ2) is 11.0. The third-order valence-corrected chi connectivity index (χ3v) is 4.36. The normalized spacial score (nSPS) is 18.5. The van der Waals surface area contributed by atoms with Crippen molar-refractivity contribution in [3.05, 3.63) is 35.4 Å². The van der Waals surface area contributed by atoms with E-state index in [2.05, 4.69) is 46.8 Å². The van der Waals surface area contributed by atoms with Crippen molar-refractivity contribution in [2.75, 3.05) is 19.8 Å². The molecule has 1 heterocycles. The third kappa shape index (κ3) is 7.50. The predicted octanol–water partition coefficient (Wildman–Crippen LogP) is 3.22. The summed E-state index contributed by atoms with van der Waals surface area (Å²) in [5.74, 6) is 0.923. The molecule has 0 atom stereocenters. The van der Waals surface area contributed by atoms with E-state index >= 15 is 0 Å². The third-order valence-electron chi connectivity index (χ3n) is 4.36. The Morgan fingerprint density at radius 2 is 1.80 bits per heavy atom. The van der Waals surface area contributed by atoms with Gasteiger partial charge in [-0.05, 0) is 43.7 Å². The summed E-state index contributed by atoms with van der Waals surface area (Å²) in [7, 11) is 0. The largest absolute Gasteiger partial charge is 0.381 e. The number of nitrogens with zero attached hydrogens (tertiary/aromatic N) is 1. The first-order valence-electron chi connectivity index (χ1n) is 9.15. The zero-order valence-electron chi connectivity index (χ0n) is 15.0. The lowest BCUT2D eigenvalue weighted by Gasteiger charge is -2.22. The van der Waals surface area contributed by atoms with Gasteiger partial charge >= 0.3 is 0 Å². The molecule has 0 bridgehead atoms. The molecule has 1 aromatic carbocycles. The van der Waals surface area contributed by atoms with Crippen molar-refractivity contribution in [3.8, 4) is 0 Å². The molecular weight excluding hydrogens is 429 g/mol. The Kier molecular flexibility index (Phi) is 8.98. The molecule has 1 aromatic rings. The van der Waals surface area contributed by atoms with Gasteiger partial charge in [-0.15, -0.1) is 24.0 Å². The summed E-state index contributed by atoms with van der Waals surface area (Å²) < 4.78 is 11.3. The number of aliphatic imine (C=N–C) groups is 1. The van der Waals surface area contributed by atoms with E-state index in [-0.39, 0.29) is 24.0 Å². The molecule has 2 fully saturated rings. The molecule has 1 saturated heterocycles. The molecule has 1 aliphatic heterocycles. The van der Waals surface area contributed by atoms with E-state index in [1.807, 2.05) is 0 Å². The Morgan fingerprint density at radius 1 is 1.12 bits per heavy atom. The molecule has 6 heteroatoms. The topological polar surface area (TPSA) is 54.9 Å². The van der Waals surface area contributed by atoms with E-state index in [1.54, 1.807) is 0 Å². The summed E-state index contributed by atoms with van der Waals surface area (Å²) in [6.07, 6.45) is 4.87. The van der Waals surface area contributed by atoms with E-state index in [0.29, 0.717) is 25.3 Å². The van der Waals surface area contributed by atoms with Gasteiger partial charge in [-0.25, -0.2) is 4.99 Å². The quantitative estimate of drug-likeness (QED) is 0.374. The minimum atomic E-state index is 0. The minimum absolute atomic E-state index is 0. The highest BCUT2D eigenvalue weighted by atomic mass is 127. The van der Waals surface area contributed by atoms with Crippen molar-refractivity contribution in [1.29, 1.82) is 0 Å². The second-order valence-corrected chi connectivity index (χ2v) is 6.55. The van der Waals surface area contributed by atoms with Crippen molar-refractivity contribution in [2.45, 2.75) is 57.9 Å². The van der Waals surface area contributed by atoms with Gasteiger partial charge in [0.1, 0.15) is 0 Å². The number of ether oxygens (including phenoxy) is 2. The van der Waals surface area contributed by atoms with Gasteiger partial charge in [0.15, 0.2) is 5.96 Å². The monoisotopic (exact) mass is 459 g/mol. The van der Waals surface area contributed by atoms with E-state index in [1.165, 1.54) is 24.0 Å². The highest BCUT2D eigenvalue weighted by molar-refractivity contribution is 14.0. The van der Waals surface area contributed by atoms with Crippen LogP contribution < -0.4 is 10.6 Å². The van der Waals surface area contributed by atoms with E-state index in [4.69, 9.17) is 9.47 Å². The second-order valence-electron chi connectivity index (χ2n) is 6.55. The van der Waals surface area contributed by atoms with Crippen LogP contribution in [0.2, 0.25) is 0 Å². The Hall–Kier alpha value is -0.860. The molecule has 2 aliphatic rings. The van der Waals surface area contributed by atoms with E-state index in [0.717, 1.165) is 38.6 Å². The first kappa shape index (κ1) is 20.5. The SMILES string of the molecule is CCNC(=NCc1ccc(COC2CCOCC2)cc1)NC1CC1.I. The van der Waals surface area contributed by atoms with Crippen LogP contribution in [-0.4, -0.2) is 37.9 Å². The molecular formula is C19H30IN3O2. The fourth-order valence-corrected chi connectivity index (χ4v) is 2.71. The smallest absolute Gasteiger partial charge is 0.191 e. The highest BCUT2D eigenvalue weighted by Crippen LogP contribution is 2.18. The highest BCUT2D eigenvalue weighted by Gasteiger charge is 2.22. The summed E-state index contributed by atoms with van der Waals surface area (Å²) >= 11 is 0. The summed E-state index contributed by atoms with van der Waals surface area (Å²) in [5, 5.41) is 6.74. The molecule has 1 aliphatic carbocycles.